The molecule has 0 heterocycles. The Kier molecular flexibility index (Phi) is 6.52. The molecule has 22 heavy (non-hydrogen) atoms. The number of carbonyl (C=O) groups is 1. The van der Waals surface area contributed by atoms with Gasteiger partial charge in [-0.05, 0) is 48.8 Å². The van der Waals surface area contributed by atoms with E-state index in [1.165, 1.54) is 6.42 Å². The molecule has 2 rings (SSSR count). The summed E-state index contributed by atoms with van der Waals surface area (Å²) in [6, 6.07) is 7.60. The Morgan fingerprint density at radius 1 is 1.36 bits per heavy atom. The van der Waals surface area contributed by atoms with Crippen molar-refractivity contribution < 1.29 is 9.90 Å². The summed E-state index contributed by atoms with van der Waals surface area (Å²) in [5.41, 5.74) is 1.10. The maximum atomic E-state index is 12.1. The number of hydrogen-bond donors (Lipinski definition) is 3. The van der Waals surface area contributed by atoms with Crippen molar-refractivity contribution in [3.8, 4) is 0 Å². The topological polar surface area (TPSA) is 61.4 Å². The second-order valence-corrected chi connectivity index (χ2v) is 6.63. The molecule has 0 aromatic heterocycles. The minimum atomic E-state index is -0.142. The summed E-state index contributed by atoms with van der Waals surface area (Å²) in [5.74, 6) is 0.773. The Bertz CT molecular complexity index is 474. The number of halogens is 1. The van der Waals surface area contributed by atoms with Crippen molar-refractivity contribution in [3.63, 3.8) is 0 Å². The van der Waals surface area contributed by atoms with E-state index in [-0.39, 0.29) is 24.6 Å². The van der Waals surface area contributed by atoms with E-state index in [4.69, 9.17) is 16.7 Å². The number of benzene rings is 1. The molecule has 0 radical (unpaired) electrons. The third-order valence-electron chi connectivity index (χ3n) is 4.37. The van der Waals surface area contributed by atoms with E-state index in [1.807, 2.05) is 31.2 Å². The molecule has 1 aromatic carbocycles. The van der Waals surface area contributed by atoms with Gasteiger partial charge in [0.25, 0.3) is 0 Å². The molecule has 2 unspecified atom stereocenters. The third-order valence-corrected chi connectivity index (χ3v) is 4.62. The fraction of sp³-hybridized carbons (Fsp3) is 0.588. The maximum Gasteiger partial charge on any atom is 0.315 e. The first-order valence-corrected chi connectivity index (χ1v) is 8.38. The summed E-state index contributed by atoms with van der Waals surface area (Å²) in [7, 11) is 0. The first kappa shape index (κ1) is 17.1. The molecule has 3 N–H and O–H groups in total. The zero-order chi connectivity index (χ0) is 15.9. The van der Waals surface area contributed by atoms with Crippen LogP contribution in [-0.4, -0.2) is 24.3 Å². The largest absolute Gasteiger partial charge is 0.396 e. The summed E-state index contributed by atoms with van der Waals surface area (Å²) < 4.78 is 0. The zero-order valence-electron chi connectivity index (χ0n) is 13.0. The van der Waals surface area contributed by atoms with Gasteiger partial charge in [0.05, 0.1) is 6.04 Å². The smallest absolute Gasteiger partial charge is 0.315 e. The predicted octanol–water partition coefficient (Wildman–Crippen LogP) is 3.50. The van der Waals surface area contributed by atoms with Crippen LogP contribution >= 0.6 is 11.6 Å². The van der Waals surface area contributed by atoms with Gasteiger partial charge in [0, 0.05) is 18.2 Å². The van der Waals surface area contributed by atoms with Crippen LogP contribution in [0.2, 0.25) is 5.02 Å². The molecule has 1 saturated carbocycles. The normalized spacial score (nSPS) is 17.4. The van der Waals surface area contributed by atoms with Crippen LogP contribution in [-0.2, 0) is 0 Å². The summed E-state index contributed by atoms with van der Waals surface area (Å²) in [6.07, 6.45) is 4.22. The molecule has 1 aliphatic carbocycles. The predicted molar refractivity (Wildman–Crippen MR) is 88.9 cm³/mol. The second-order valence-electron chi connectivity index (χ2n) is 6.19. The lowest BCUT2D eigenvalue weighted by molar-refractivity contribution is 0.205. The number of aliphatic hydroxyl groups is 1. The number of amides is 2. The molecule has 0 saturated heterocycles. The number of aliphatic hydroxyl groups excluding tert-OH is 1. The summed E-state index contributed by atoms with van der Waals surface area (Å²) in [5, 5.41) is 15.6. The highest BCUT2D eigenvalue weighted by atomic mass is 35.5. The molecule has 0 spiro atoms. The van der Waals surface area contributed by atoms with Crippen molar-refractivity contribution in [2.45, 2.75) is 38.6 Å². The van der Waals surface area contributed by atoms with Gasteiger partial charge in [-0.2, -0.15) is 0 Å². The minimum Gasteiger partial charge on any atom is -0.396 e. The van der Waals surface area contributed by atoms with Crippen molar-refractivity contribution in [1.29, 1.82) is 0 Å². The molecule has 1 aromatic rings. The molecule has 4 nitrogen and oxygen atoms in total. The molecular weight excluding hydrogens is 300 g/mol. The van der Waals surface area contributed by atoms with Crippen LogP contribution < -0.4 is 10.6 Å². The zero-order valence-corrected chi connectivity index (χ0v) is 13.8. The van der Waals surface area contributed by atoms with Gasteiger partial charge in [0.1, 0.15) is 0 Å². The highest BCUT2D eigenvalue weighted by Gasteiger charge is 2.29. The van der Waals surface area contributed by atoms with E-state index in [9.17, 15) is 4.79 Å². The first-order chi connectivity index (χ1) is 10.6. The molecule has 2 amide bonds. The van der Waals surface area contributed by atoms with Gasteiger partial charge in [-0.3, -0.25) is 0 Å². The van der Waals surface area contributed by atoms with Gasteiger partial charge < -0.3 is 15.7 Å². The van der Waals surface area contributed by atoms with Crippen molar-refractivity contribution in [2.75, 3.05) is 13.2 Å². The van der Waals surface area contributed by atoms with E-state index in [0.29, 0.717) is 23.9 Å². The Hall–Kier alpha value is -1.26. The molecule has 2 atom stereocenters. The van der Waals surface area contributed by atoms with Gasteiger partial charge in [-0.1, -0.05) is 37.1 Å². The lowest BCUT2D eigenvalue weighted by Gasteiger charge is -2.34. The molecule has 122 valence electrons. The van der Waals surface area contributed by atoms with Gasteiger partial charge in [-0.15, -0.1) is 0 Å². The molecule has 1 fully saturated rings. The Morgan fingerprint density at radius 2 is 2.05 bits per heavy atom. The number of rotatable bonds is 7. The molecule has 0 bridgehead atoms. The first-order valence-electron chi connectivity index (χ1n) is 8.01. The average molecular weight is 325 g/mol. The van der Waals surface area contributed by atoms with Crippen molar-refractivity contribution in [2.24, 2.45) is 11.8 Å². The number of carbonyl (C=O) groups excluding carboxylic acids is 1. The Balaban J connectivity index is 1.92. The Labute approximate surface area is 137 Å². The monoisotopic (exact) mass is 324 g/mol. The lowest BCUT2D eigenvalue weighted by Crippen LogP contribution is -2.43. The minimum absolute atomic E-state index is 0.0409. The van der Waals surface area contributed by atoms with Crippen LogP contribution in [0.25, 0.3) is 0 Å². The molecule has 5 heteroatoms. The fourth-order valence-corrected chi connectivity index (χ4v) is 2.82. The van der Waals surface area contributed by atoms with Gasteiger partial charge >= 0.3 is 6.03 Å². The molecule has 0 aliphatic heterocycles. The standard InChI is InChI=1S/C17H25ClN2O2/c1-12(9-10-21)11-19-17(22)20-16(13-3-2-4-13)14-5-7-15(18)8-6-14/h5-8,12-13,16,21H,2-4,9-11H2,1H3,(H2,19,20,22). The quantitative estimate of drug-likeness (QED) is 0.719. The van der Waals surface area contributed by atoms with Gasteiger partial charge in [-0.25, -0.2) is 4.79 Å². The molecular formula is C17H25ClN2O2. The van der Waals surface area contributed by atoms with Crippen molar-refractivity contribution in [3.05, 3.63) is 34.9 Å². The number of nitrogens with one attached hydrogen (secondary N) is 2. The van der Waals surface area contributed by atoms with E-state index >= 15 is 0 Å². The maximum absolute atomic E-state index is 12.1. The van der Waals surface area contributed by atoms with Crippen LogP contribution in [0.4, 0.5) is 4.79 Å². The van der Waals surface area contributed by atoms with E-state index < -0.39 is 0 Å². The van der Waals surface area contributed by atoms with Crippen LogP contribution in [0.3, 0.4) is 0 Å². The van der Waals surface area contributed by atoms with E-state index in [2.05, 4.69) is 10.6 Å². The highest BCUT2D eigenvalue weighted by molar-refractivity contribution is 6.30. The van der Waals surface area contributed by atoms with Crippen LogP contribution in [0, 0.1) is 11.8 Å². The van der Waals surface area contributed by atoms with E-state index in [1.54, 1.807) is 0 Å². The second kappa shape index (κ2) is 8.39. The Morgan fingerprint density at radius 3 is 2.59 bits per heavy atom. The SMILES string of the molecule is CC(CCO)CNC(=O)NC(c1ccc(Cl)cc1)C1CCC1. The highest BCUT2D eigenvalue weighted by Crippen LogP contribution is 2.37. The molecule has 1 aliphatic rings. The van der Waals surface area contributed by atoms with Crippen molar-refractivity contribution >= 4 is 17.6 Å². The van der Waals surface area contributed by atoms with Gasteiger partial charge in [0.2, 0.25) is 0 Å². The van der Waals surface area contributed by atoms with Gasteiger partial charge in [0.15, 0.2) is 0 Å². The van der Waals surface area contributed by atoms with Crippen LogP contribution in [0.1, 0.15) is 44.2 Å². The average Bonchev–Trinajstić information content (AvgIpc) is 2.44. The summed E-state index contributed by atoms with van der Waals surface area (Å²) in [6.45, 7) is 2.74. The van der Waals surface area contributed by atoms with Crippen molar-refractivity contribution in [1.82, 2.24) is 10.6 Å². The van der Waals surface area contributed by atoms with Crippen LogP contribution in [0.5, 0.6) is 0 Å². The summed E-state index contributed by atoms with van der Waals surface area (Å²) >= 11 is 5.94. The summed E-state index contributed by atoms with van der Waals surface area (Å²) in [4.78, 5) is 12.1. The number of hydrogen-bond acceptors (Lipinski definition) is 2. The van der Waals surface area contributed by atoms with Crippen LogP contribution in [0.15, 0.2) is 24.3 Å². The van der Waals surface area contributed by atoms with E-state index in [0.717, 1.165) is 18.4 Å². The third kappa shape index (κ3) is 4.89. The fourth-order valence-electron chi connectivity index (χ4n) is 2.70. The number of urea groups is 1. The lowest BCUT2D eigenvalue weighted by atomic mass is 9.77.